The number of piperidine rings is 1. The molecule has 0 bridgehead atoms. The van der Waals surface area contributed by atoms with Crippen LogP contribution in [0.1, 0.15) is 6.42 Å². The fraction of sp³-hybridized carbons (Fsp3) is 0.500. The number of nitrogens with zero attached hydrogens (tertiary/aromatic N) is 3. The van der Waals surface area contributed by atoms with E-state index in [0.29, 0.717) is 16.9 Å². The third-order valence-corrected chi connectivity index (χ3v) is 4.01. The van der Waals surface area contributed by atoms with E-state index in [1.807, 2.05) is 0 Å². The lowest BCUT2D eigenvalue weighted by atomic mass is 10.2. The number of aromatic nitrogens is 1. The van der Waals surface area contributed by atoms with Crippen molar-refractivity contribution in [2.45, 2.75) is 12.5 Å². The van der Waals surface area contributed by atoms with Gasteiger partial charge in [0.2, 0.25) is 0 Å². The molecule has 1 saturated carbocycles. The Bertz CT molecular complexity index is 499. The van der Waals surface area contributed by atoms with Crippen molar-refractivity contribution in [3.63, 3.8) is 0 Å². The lowest BCUT2D eigenvalue weighted by Gasteiger charge is -2.27. The van der Waals surface area contributed by atoms with Gasteiger partial charge < -0.3 is 14.9 Å². The first kappa shape index (κ1) is 10.8. The second kappa shape index (κ2) is 3.86. The molecular formula is C12H12ClN3O. The van der Waals surface area contributed by atoms with E-state index in [9.17, 15) is 5.11 Å². The summed E-state index contributed by atoms with van der Waals surface area (Å²) in [5, 5.41) is 9.81. The van der Waals surface area contributed by atoms with Gasteiger partial charge in [-0.3, -0.25) is 0 Å². The van der Waals surface area contributed by atoms with Crippen molar-refractivity contribution in [3.05, 3.63) is 28.7 Å². The smallest absolute Gasteiger partial charge is 0.288 e. The second-order valence-electron chi connectivity index (χ2n) is 4.67. The van der Waals surface area contributed by atoms with E-state index in [0.717, 1.165) is 12.2 Å². The number of halogens is 1. The Morgan fingerprint density at radius 3 is 3.12 bits per heavy atom. The van der Waals surface area contributed by atoms with Crippen LogP contribution in [0.2, 0.25) is 5.02 Å². The lowest BCUT2D eigenvalue weighted by molar-refractivity contribution is 0.256. The van der Waals surface area contributed by atoms with Gasteiger partial charge in [0, 0.05) is 6.54 Å². The van der Waals surface area contributed by atoms with Crippen LogP contribution in [0.4, 0.5) is 11.5 Å². The highest BCUT2D eigenvalue weighted by Crippen LogP contribution is 2.50. The summed E-state index contributed by atoms with van der Waals surface area (Å²) in [6, 6.07) is 1.96. The summed E-state index contributed by atoms with van der Waals surface area (Å²) in [7, 11) is 0. The minimum Gasteiger partial charge on any atom is -0.394 e. The van der Waals surface area contributed by atoms with E-state index >= 15 is 0 Å². The average Bonchev–Trinajstić information content (AvgIpc) is 3.01. The molecule has 0 spiro atoms. The summed E-state index contributed by atoms with van der Waals surface area (Å²) < 4.78 is 0. The fourth-order valence-electron chi connectivity index (χ4n) is 2.76. The predicted octanol–water partition coefficient (Wildman–Crippen LogP) is 2.10. The third kappa shape index (κ3) is 1.67. The fourth-order valence-corrected chi connectivity index (χ4v) is 2.96. The van der Waals surface area contributed by atoms with Crippen LogP contribution in [0.3, 0.4) is 0 Å². The summed E-state index contributed by atoms with van der Waals surface area (Å²) in [5.74, 6) is 1.58. The van der Waals surface area contributed by atoms with Crippen LogP contribution in [-0.4, -0.2) is 29.3 Å². The number of rotatable bonds is 2. The molecule has 1 aromatic rings. The lowest BCUT2D eigenvalue weighted by Crippen LogP contribution is -2.35. The molecule has 1 N–H and O–H groups in total. The molecule has 1 saturated heterocycles. The normalized spacial score (nSPS) is 29.9. The summed E-state index contributed by atoms with van der Waals surface area (Å²) in [5.41, 5.74) is 0.911. The van der Waals surface area contributed by atoms with E-state index in [4.69, 9.17) is 18.2 Å². The van der Waals surface area contributed by atoms with Crippen molar-refractivity contribution in [2.24, 2.45) is 11.8 Å². The van der Waals surface area contributed by atoms with Gasteiger partial charge in [0.05, 0.1) is 23.4 Å². The largest absolute Gasteiger partial charge is 0.394 e. The maximum atomic E-state index is 9.42. The highest BCUT2D eigenvalue weighted by Gasteiger charge is 2.52. The number of pyridine rings is 1. The Labute approximate surface area is 105 Å². The van der Waals surface area contributed by atoms with Crippen molar-refractivity contribution >= 4 is 23.1 Å². The number of aliphatic hydroxyl groups excluding tert-OH is 1. The highest BCUT2D eigenvalue weighted by atomic mass is 35.5. The molecule has 2 heterocycles. The molecule has 0 unspecified atom stereocenters. The molecule has 17 heavy (non-hydrogen) atoms. The van der Waals surface area contributed by atoms with Crippen LogP contribution < -0.4 is 4.90 Å². The molecule has 0 radical (unpaired) electrons. The molecule has 0 aromatic carbocycles. The molecule has 88 valence electrons. The molecule has 1 aromatic heterocycles. The molecule has 2 fully saturated rings. The molecule has 1 aliphatic heterocycles. The zero-order valence-corrected chi connectivity index (χ0v) is 9.93. The van der Waals surface area contributed by atoms with Crippen molar-refractivity contribution in [3.8, 4) is 0 Å². The molecule has 3 atom stereocenters. The van der Waals surface area contributed by atoms with E-state index in [1.54, 1.807) is 12.3 Å². The standard InChI is InChI=1S/C12H12ClN3O/c1-14-12-10(13)3-8(4-15-12)16-5-7-2-9(7)11(16)6-17/h3-4,7,9,11,17H,2,5-6H2/t7-,9-,11-/m0/s1. The quantitative estimate of drug-likeness (QED) is 0.816. The number of fused-ring (bicyclic) bond motifs is 1. The van der Waals surface area contributed by atoms with Gasteiger partial charge in [0.25, 0.3) is 5.82 Å². The monoisotopic (exact) mass is 249 g/mol. The van der Waals surface area contributed by atoms with Crippen molar-refractivity contribution in [1.82, 2.24) is 4.98 Å². The number of anilines is 1. The molecular weight excluding hydrogens is 238 g/mol. The van der Waals surface area contributed by atoms with Crippen molar-refractivity contribution < 1.29 is 5.11 Å². The Morgan fingerprint density at radius 1 is 1.65 bits per heavy atom. The first-order valence-electron chi connectivity index (χ1n) is 5.65. The number of hydrogen-bond acceptors (Lipinski definition) is 3. The topological polar surface area (TPSA) is 40.7 Å². The average molecular weight is 250 g/mol. The highest BCUT2D eigenvalue weighted by molar-refractivity contribution is 6.33. The van der Waals surface area contributed by atoms with Crippen molar-refractivity contribution in [2.75, 3.05) is 18.1 Å². The van der Waals surface area contributed by atoms with Crippen LogP contribution in [-0.2, 0) is 0 Å². The van der Waals surface area contributed by atoms with Gasteiger partial charge in [-0.05, 0) is 24.3 Å². The predicted molar refractivity (Wildman–Crippen MR) is 65.3 cm³/mol. The minimum absolute atomic E-state index is 0.170. The molecule has 0 amide bonds. The van der Waals surface area contributed by atoms with Gasteiger partial charge in [-0.1, -0.05) is 18.2 Å². The third-order valence-electron chi connectivity index (χ3n) is 3.73. The van der Waals surface area contributed by atoms with E-state index in [1.165, 1.54) is 6.42 Å². The van der Waals surface area contributed by atoms with E-state index in [2.05, 4.69) is 14.7 Å². The van der Waals surface area contributed by atoms with E-state index in [-0.39, 0.29) is 18.5 Å². The molecule has 2 aliphatic rings. The molecule has 3 rings (SSSR count). The molecule has 4 nitrogen and oxygen atoms in total. The van der Waals surface area contributed by atoms with Crippen LogP contribution in [0.5, 0.6) is 0 Å². The number of hydrogen-bond donors (Lipinski definition) is 1. The van der Waals surface area contributed by atoms with Crippen molar-refractivity contribution in [1.29, 1.82) is 0 Å². The Kier molecular flexibility index (Phi) is 2.46. The first-order chi connectivity index (χ1) is 8.24. The van der Waals surface area contributed by atoms with Crippen LogP contribution in [0.25, 0.3) is 4.85 Å². The number of aliphatic hydroxyl groups is 1. The Hall–Kier alpha value is -1.31. The SMILES string of the molecule is [C-]#[N+]c1ncc(N2C[C@@H]3C[C@@H]3[C@@H]2CO)cc1Cl. The van der Waals surface area contributed by atoms with Gasteiger partial charge >= 0.3 is 0 Å². The zero-order chi connectivity index (χ0) is 12.0. The zero-order valence-electron chi connectivity index (χ0n) is 9.17. The maximum Gasteiger partial charge on any atom is 0.288 e. The Morgan fingerprint density at radius 2 is 2.47 bits per heavy atom. The van der Waals surface area contributed by atoms with E-state index < -0.39 is 0 Å². The summed E-state index contributed by atoms with van der Waals surface area (Å²) in [6.07, 6.45) is 2.90. The summed E-state index contributed by atoms with van der Waals surface area (Å²) >= 11 is 5.98. The summed E-state index contributed by atoms with van der Waals surface area (Å²) in [6.45, 7) is 8.04. The van der Waals surface area contributed by atoms with Gasteiger partial charge in [0.15, 0.2) is 0 Å². The first-order valence-corrected chi connectivity index (χ1v) is 6.03. The van der Waals surface area contributed by atoms with Crippen LogP contribution in [0.15, 0.2) is 12.3 Å². The van der Waals surface area contributed by atoms with Gasteiger partial charge in [-0.25, -0.2) is 0 Å². The van der Waals surface area contributed by atoms with Crippen LogP contribution in [0, 0.1) is 18.4 Å². The summed E-state index contributed by atoms with van der Waals surface area (Å²) in [4.78, 5) is 9.44. The Balaban J connectivity index is 1.90. The minimum atomic E-state index is 0.170. The maximum absolute atomic E-state index is 9.42. The second-order valence-corrected chi connectivity index (χ2v) is 5.08. The van der Waals surface area contributed by atoms with Gasteiger partial charge in [-0.2, -0.15) is 0 Å². The molecule has 5 heteroatoms. The van der Waals surface area contributed by atoms with Gasteiger partial charge in [0.1, 0.15) is 6.20 Å². The van der Waals surface area contributed by atoms with Crippen LogP contribution >= 0.6 is 11.6 Å². The van der Waals surface area contributed by atoms with Gasteiger partial charge in [-0.15, -0.1) is 4.98 Å². The molecule has 1 aliphatic carbocycles.